The number of aromatic amines is 1. The summed E-state index contributed by atoms with van der Waals surface area (Å²) in [5.74, 6) is 0.611. The van der Waals surface area contributed by atoms with E-state index in [0.29, 0.717) is 11.6 Å². The van der Waals surface area contributed by atoms with Crippen LogP contribution in [-0.4, -0.2) is 27.0 Å². The van der Waals surface area contributed by atoms with Gasteiger partial charge in [-0.05, 0) is 24.8 Å². The van der Waals surface area contributed by atoms with Gasteiger partial charge in [-0.2, -0.15) is 5.10 Å². The van der Waals surface area contributed by atoms with Crippen molar-refractivity contribution in [2.45, 2.75) is 38.1 Å². The normalized spacial score (nSPS) is 28.9. The van der Waals surface area contributed by atoms with E-state index in [1.54, 1.807) is 12.3 Å². The van der Waals surface area contributed by atoms with Crippen molar-refractivity contribution in [2.75, 3.05) is 5.33 Å². The van der Waals surface area contributed by atoms with E-state index in [9.17, 15) is 4.79 Å². The molecule has 1 heterocycles. The van der Waals surface area contributed by atoms with E-state index in [2.05, 4.69) is 38.4 Å². The number of amides is 1. The fourth-order valence-electron chi connectivity index (χ4n) is 2.62. The highest BCUT2D eigenvalue weighted by Gasteiger charge is 2.35. The van der Waals surface area contributed by atoms with E-state index in [4.69, 9.17) is 0 Å². The van der Waals surface area contributed by atoms with Crippen LogP contribution in [0.15, 0.2) is 12.3 Å². The molecule has 2 atom stereocenters. The number of rotatable bonds is 3. The SMILES string of the molecule is CC1CCCC(CBr)(NC(=O)c2ccn[nH]2)C1. The van der Waals surface area contributed by atoms with Crippen LogP contribution in [0.5, 0.6) is 0 Å². The molecule has 4 nitrogen and oxygen atoms in total. The van der Waals surface area contributed by atoms with Gasteiger partial charge in [-0.3, -0.25) is 9.89 Å². The molecule has 0 spiro atoms. The number of nitrogens with zero attached hydrogens (tertiary/aromatic N) is 1. The fraction of sp³-hybridized carbons (Fsp3) is 0.667. The molecule has 1 saturated carbocycles. The third-order valence-corrected chi connectivity index (χ3v) is 4.54. The van der Waals surface area contributed by atoms with Crippen LogP contribution in [0.1, 0.15) is 43.1 Å². The summed E-state index contributed by atoms with van der Waals surface area (Å²) in [6.45, 7) is 2.25. The Morgan fingerprint density at radius 1 is 1.76 bits per heavy atom. The van der Waals surface area contributed by atoms with Gasteiger partial charge in [0.2, 0.25) is 0 Å². The van der Waals surface area contributed by atoms with E-state index < -0.39 is 0 Å². The molecule has 94 valence electrons. The molecule has 5 heteroatoms. The van der Waals surface area contributed by atoms with Crippen molar-refractivity contribution >= 4 is 21.8 Å². The molecule has 17 heavy (non-hydrogen) atoms. The van der Waals surface area contributed by atoms with E-state index in [1.807, 2.05) is 0 Å². The molecule has 0 aliphatic heterocycles. The molecule has 0 aromatic carbocycles. The molecule has 1 aromatic rings. The zero-order chi connectivity index (χ0) is 12.3. The first-order valence-corrected chi connectivity index (χ1v) is 7.15. The van der Waals surface area contributed by atoms with Gasteiger partial charge in [0.25, 0.3) is 5.91 Å². The summed E-state index contributed by atoms with van der Waals surface area (Å²) >= 11 is 3.55. The second kappa shape index (κ2) is 5.21. The molecule has 1 fully saturated rings. The van der Waals surface area contributed by atoms with Crippen LogP contribution in [-0.2, 0) is 0 Å². The number of hydrogen-bond acceptors (Lipinski definition) is 2. The van der Waals surface area contributed by atoms with Crippen LogP contribution in [0.4, 0.5) is 0 Å². The van der Waals surface area contributed by atoms with Crippen molar-refractivity contribution in [3.8, 4) is 0 Å². The fourth-order valence-corrected chi connectivity index (χ4v) is 3.27. The van der Waals surface area contributed by atoms with Gasteiger partial charge in [-0.25, -0.2) is 0 Å². The highest BCUT2D eigenvalue weighted by molar-refractivity contribution is 9.09. The maximum absolute atomic E-state index is 12.0. The van der Waals surface area contributed by atoms with Crippen molar-refractivity contribution in [1.29, 1.82) is 0 Å². The molecule has 0 radical (unpaired) electrons. The largest absolute Gasteiger partial charge is 0.344 e. The molecule has 2 rings (SSSR count). The average molecular weight is 300 g/mol. The molecule has 1 amide bonds. The quantitative estimate of drug-likeness (QED) is 0.843. The number of halogens is 1. The minimum absolute atomic E-state index is 0.0592. The van der Waals surface area contributed by atoms with E-state index in [0.717, 1.165) is 18.2 Å². The first-order valence-electron chi connectivity index (χ1n) is 6.03. The van der Waals surface area contributed by atoms with E-state index in [-0.39, 0.29) is 11.4 Å². The molecule has 0 bridgehead atoms. The van der Waals surface area contributed by atoms with Crippen molar-refractivity contribution in [3.63, 3.8) is 0 Å². The van der Waals surface area contributed by atoms with Crippen LogP contribution in [0.25, 0.3) is 0 Å². The predicted molar refractivity (Wildman–Crippen MR) is 70.2 cm³/mol. The van der Waals surface area contributed by atoms with Crippen molar-refractivity contribution in [2.24, 2.45) is 5.92 Å². The van der Waals surface area contributed by atoms with Gasteiger partial charge < -0.3 is 5.32 Å². The van der Waals surface area contributed by atoms with Crippen molar-refractivity contribution in [1.82, 2.24) is 15.5 Å². The summed E-state index contributed by atoms with van der Waals surface area (Å²) in [6, 6.07) is 1.70. The van der Waals surface area contributed by atoms with Crippen LogP contribution >= 0.6 is 15.9 Å². The Bertz CT molecular complexity index is 379. The Balaban J connectivity index is 2.06. The third kappa shape index (κ3) is 2.89. The molecule has 2 unspecified atom stereocenters. The Morgan fingerprint density at radius 3 is 3.18 bits per heavy atom. The van der Waals surface area contributed by atoms with Crippen LogP contribution < -0.4 is 5.32 Å². The standard InChI is InChI=1S/C12H18BrN3O/c1-9-3-2-5-12(7-9,8-13)15-11(17)10-4-6-14-16-10/h4,6,9H,2-3,5,7-8H2,1H3,(H,14,16)(H,15,17). The lowest BCUT2D eigenvalue weighted by Crippen LogP contribution is -2.52. The number of alkyl halides is 1. The molecule has 1 aliphatic rings. The number of nitrogens with one attached hydrogen (secondary N) is 2. The monoisotopic (exact) mass is 299 g/mol. The summed E-state index contributed by atoms with van der Waals surface area (Å²) in [4.78, 5) is 12.0. The lowest BCUT2D eigenvalue weighted by Gasteiger charge is -2.39. The molecular weight excluding hydrogens is 282 g/mol. The first kappa shape index (κ1) is 12.6. The van der Waals surface area contributed by atoms with Crippen LogP contribution in [0, 0.1) is 5.92 Å². The number of H-pyrrole nitrogens is 1. The lowest BCUT2D eigenvalue weighted by molar-refractivity contribution is 0.0864. The zero-order valence-corrected chi connectivity index (χ0v) is 11.6. The third-order valence-electron chi connectivity index (χ3n) is 3.47. The Morgan fingerprint density at radius 2 is 2.59 bits per heavy atom. The Labute approximate surface area is 110 Å². The molecule has 0 saturated heterocycles. The predicted octanol–water partition coefficient (Wildman–Crippen LogP) is 2.48. The topological polar surface area (TPSA) is 57.8 Å². The minimum Gasteiger partial charge on any atom is -0.344 e. The van der Waals surface area contributed by atoms with Gasteiger partial charge in [-0.1, -0.05) is 35.7 Å². The van der Waals surface area contributed by atoms with Crippen LogP contribution in [0.2, 0.25) is 0 Å². The van der Waals surface area contributed by atoms with Gasteiger partial charge >= 0.3 is 0 Å². The number of carbonyl (C=O) groups excluding carboxylic acids is 1. The maximum Gasteiger partial charge on any atom is 0.269 e. The van der Waals surface area contributed by atoms with E-state index >= 15 is 0 Å². The first-order chi connectivity index (χ1) is 8.15. The van der Waals surface area contributed by atoms with Gasteiger partial charge in [0.15, 0.2) is 0 Å². The van der Waals surface area contributed by atoms with Gasteiger partial charge in [0.05, 0.1) is 5.54 Å². The summed E-state index contributed by atoms with van der Waals surface area (Å²) in [7, 11) is 0. The van der Waals surface area contributed by atoms with Crippen molar-refractivity contribution in [3.05, 3.63) is 18.0 Å². The van der Waals surface area contributed by atoms with Crippen molar-refractivity contribution < 1.29 is 4.79 Å². The van der Waals surface area contributed by atoms with Gasteiger partial charge in [0, 0.05) is 11.5 Å². The maximum atomic E-state index is 12.0. The average Bonchev–Trinajstić information content (AvgIpc) is 2.82. The number of carbonyl (C=O) groups is 1. The van der Waals surface area contributed by atoms with E-state index in [1.165, 1.54) is 12.8 Å². The molecular formula is C12H18BrN3O. The second-order valence-corrected chi connectivity index (χ2v) is 5.60. The molecule has 2 N–H and O–H groups in total. The summed E-state index contributed by atoms with van der Waals surface area (Å²) in [5, 5.41) is 10.5. The van der Waals surface area contributed by atoms with Gasteiger partial charge in [0.1, 0.15) is 5.69 Å². The van der Waals surface area contributed by atoms with Gasteiger partial charge in [-0.15, -0.1) is 0 Å². The number of hydrogen-bond donors (Lipinski definition) is 2. The van der Waals surface area contributed by atoms with Crippen LogP contribution in [0.3, 0.4) is 0 Å². The Hall–Kier alpha value is -0.840. The summed E-state index contributed by atoms with van der Waals surface area (Å²) < 4.78 is 0. The Kier molecular flexibility index (Phi) is 3.86. The molecule has 1 aromatic heterocycles. The minimum atomic E-state index is -0.0974. The highest BCUT2D eigenvalue weighted by Crippen LogP contribution is 2.33. The molecule has 1 aliphatic carbocycles. The summed E-state index contributed by atoms with van der Waals surface area (Å²) in [6.07, 6.45) is 6.12. The zero-order valence-electron chi connectivity index (χ0n) is 10.0. The second-order valence-electron chi connectivity index (χ2n) is 5.04. The smallest absolute Gasteiger partial charge is 0.269 e. The highest BCUT2D eigenvalue weighted by atomic mass is 79.9. The number of aromatic nitrogens is 2. The lowest BCUT2D eigenvalue weighted by atomic mass is 9.77. The summed E-state index contributed by atoms with van der Waals surface area (Å²) in [5.41, 5.74) is 0.434.